The molecule has 0 spiro atoms. The van der Waals surface area contributed by atoms with E-state index in [0.717, 1.165) is 12.7 Å². The third kappa shape index (κ3) is 11.9. The van der Waals surface area contributed by atoms with E-state index in [0.29, 0.717) is 6.16 Å². The van der Waals surface area contributed by atoms with Gasteiger partial charge in [0.05, 0.1) is 15.3 Å². The molecule has 0 saturated heterocycles. The van der Waals surface area contributed by atoms with Gasteiger partial charge in [-0.3, -0.25) is 4.67 Å². The molecule has 1 aromatic rings. The molecule has 1 aromatic carbocycles. The molecule has 0 radical (unpaired) electrons. The van der Waals surface area contributed by atoms with E-state index in [1.54, 1.807) is 0 Å². The highest BCUT2D eigenvalue weighted by Crippen LogP contribution is 2.48. The summed E-state index contributed by atoms with van der Waals surface area (Å²) in [7, 11) is 0.0732. The second-order valence-corrected chi connectivity index (χ2v) is 10.2. The average Bonchev–Trinajstić information content (AvgIpc) is 2.72. The fourth-order valence-corrected chi connectivity index (χ4v) is 5.51. The Balaban J connectivity index is 2.73. The van der Waals surface area contributed by atoms with Crippen molar-refractivity contribution in [1.29, 1.82) is 0 Å². The molecule has 6 heteroatoms. The summed E-state index contributed by atoms with van der Waals surface area (Å²) >= 11 is 6.59. The number of rotatable bonds is 6. The summed E-state index contributed by atoms with van der Waals surface area (Å²) in [4.78, 5) is 0. The Labute approximate surface area is 179 Å². The van der Waals surface area contributed by atoms with Gasteiger partial charge >= 0.3 is 0 Å². The zero-order valence-electron chi connectivity index (χ0n) is 15.9. The Morgan fingerprint density at radius 2 is 1.34 bits per heavy atom. The molecular formula is C23H16ClF2NP2. The lowest BCUT2D eigenvalue weighted by Crippen LogP contribution is -2.11. The van der Waals surface area contributed by atoms with Crippen LogP contribution in [-0.4, -0.2) is 24.0 Å². The molecule has 0 heterocycles. The lowest BCUT2D eigenvalue weighted by atomic mass is 10.1. The van der Waals surface area contributed by atoms with Crippen molar-refractivity contribution in [1.82, 2.24) is 4.67 Å². The zero-order valence-corrected chi connectivity index (χ0v) is 18.5. The molecule has 1 rings (SSSR count). The van der Waals surface area contributed by atoms with E-state index in [9.17, 15) is 8.78 Å². The SMILES string of the molecule is Cc1ccc(CN(C)P(Cl)CCP(C#CC#CC#CF)C#CC#CC#CF)cc1. The van der Waals surface area contributed by atoms with Crippen molar-refractivity contribution in [3.05, 3.63) is 35.4 Å². The van der Waals surface area contributed by atoms with Crippen LogP contribution in [0.25, 0.3) is 0 Å². The number of benzene rings is 1. The summed E-state index contributed by atoms with van der Waals surface area (Å²) in [6.45, 7) is 2.81. The smallest absolute Gasteiger partial charge is 0.119 e. The van der Waals surface area contributed by atoms with Crippen LogP contribution in [0, 0.1) is 78.0 Å². The van der Waals surface area contributed by atoms with Crippen molar-refractivity contribution in [2.24, 2.45) is 0 Å². The molecule has 1 unspecified atom stereocenters. The summed E-state index contributed by atoms with van der Waals surface area (Å²) in [5, 5.41) is 0. The highest BCUT2D eigenvalue weighted by atomic mass is 35.7. The predicted molar refractivity (Wildman–Crippen MR) is 121 cm³/mol. The first-order valence-electron chi connectivity index (χ1n) is 8.27. The first-order chi connectivity index (χ1) is 14.1. The summed E-state index contributed by atoms with van der Waals surface area (Å²) < 4.78 is 25.5. The van der Waals surface area contributed by atoms with Gasteiger partial charge in [0, 0.05) is 36.4 Å². The van der Waals surface area contributed by atoms with Gasteiger partial charge in [-0.2, -0.15) is 0 Å². The van der Waals surface area contributed by atoms with Crippen LogP contribution in [0.5, 0.6) is 0 Å². The van der Waals surface area contributed by atoms with E-state index in [1.807, 2.05) is 18.9 Å². The Bertz CT molecular complexity index is 991. The third-order valence-electron chi connectivity index (χ3n) is 3.26. The number of aryl methyl sites for hydroxylation is 1. The van der Waals surface area contributed by atoms with Gasteiger partial charge < -0.3 is 0 Å². The van der Waals surface area contributed by atoms with Gasteiger partial charge in [0.1, 0.15) is 12.3 Å². The van der Waals surface area contributed by atoms with Gasteiger partial charge in [-0.15, -0.1) is 8.78 Å². The van der Waals surface area contributed by atoms with Crippen LogP contribution in [0.2, 0.25) is 0 Å². The molecule has 0 aliphatic rings. The van der Waals surface area contributed by atoms with E-state index >= 15 is 0 Å². The Hall–Kier alpha value is -2.45. The lowest BCUT2D eigenvalue weighted by molar-refractivity contribution is 0.551. The van der Waals surface area contributed by atoms with E-state index < -0.39 is 15.3 Å². The molecule has 1 atom stereocenters. The van der Waals surface area contributed by atoms with Gasteiger partial charge in [-0.1, -0.05) is 41.1 Å². The van der Waals surface area contributed by atoms with E-state index in [1.165, 1.54) is 23.5 Å². The number of hydrogen-bond acceptors (Lipinski definition) is 1. The first kappa shape index (κ1) is 24.6. The largest absolute Gasteiger partial charge is 0.268 e. The third-order valence-corrected chi connectivity index (χ3v) is 7.81. The molecule has 0 aliphatic heterocycles. The zero-order chi connectivity index (χ0) is 21.3. The second kappa shape index (κ2) is 15.5. The molecule has 0 aromatic heterocycles. The molecule has 0 aliphatic carbocycles. The van der Waals surface area contributed by atoms with Gasteiger partial charge in [0.25, 0.3) is 0 Å². The van der Waals surface area contributed by atoms with Crippen molar-refractivity contribution < 1.29 is 8.78 Å². The fraction of sp³-hybridized carbons (Fsp3) is 0.217. The molecule has 144 valence electrons. The van der Waals surface area contributed by atoms with Crippen LogP contribution in [0.15, 0.2) is 24.3 Å². The molecule has 1 nitrogen and oxygen atoms in total. The Morgan fingerprint density at radius 1 is 0.828 bits per heavy atom. The maximum Gasteiger partial charge on any atom is 0.119 e. The van der Waals surface area contributed by atoms with Crippen LogP contribution in [0.4, 0.5) is 8.78 Å². The van der Waals surface area contributed by atoms with E-state index in [2.05, 4.69) is 82.7 Å². The second-order valence-electron chi connectivity index (χ2n) is 5.43. The van der Waals surface area contributed by atoms with Crippen LogP contribution < -0.4 is 0 Å². The maximum atomic E-state index is 11.7. The minimum atomic E-state index is -1.03. The van der Waals surface area contributed by atoms with Crippen molar-refractivity contribution in [3.8, 4) is 71.0 Å². The number of hydrogen-bond donors (Lipinski definition) is 0. The summed E-state index contributed by atoms with van der Waals surface area (Å²) in [5.41, 5.74) is 8.32. The number of nitrogens with zero attached hydrogens (tertiary/aromatic N) is 1. The van der Waals surface area contributed by atoms with E-state index in [-0.39, 0.29) is 0 Å². The van der Waals surface area contributed by atoms with Crippen LogP contribution in [0.1, 0.15) is 11.1 Å². The first-order valence-corrected chi connectivity index (χ1v) is 12.2. The van der Waals surface area contributed by atoms with E-state index in [4.69, 9.17) is 11.2 Å². The van der Waals surface area contributed by atoms with Crippen LogP contribution in [-0.2, 0) is 6.54 Å². The molecular weight excluding hydrogens is 426 g/mol. The molecule has 0 bridgehead atoms. The Kier molecular flexibility index (Phi) is 13.1. The normalized spacial score (nSPS) is 9.48. The fourth-order valence-electron chi connectivity index (χ4n) is 1.89. The van der Waals surface area contributed by atoms with Crippen molar-refractivity contribution in [2.75, 3.05) is 19.4 Å². The standard InChI is InChI=1S/C23H16ClF2NP2/c1-22-11-13-23(14-12-22)21-27(2)29(24)20-19-28(17-9-5-3-7-15-25)18-10-6-4-8-16-26/h11-14H,19-21H2,1-2H3. The average molecular weight is 442 g/mol. The predicted octanol–water partition coefficient (Wildman–Crippen LogP) is 5.25. The van der Waals surface area contributed by atoms with Crippen molar-refractivity contribution >= 4 is 26.6 Å². The molecule has 0 saturated carbocycles. The van der Waals surface area contributed by atoms with Gasteiger partial charge in [-0.25, -0.2) is 0 Å². The van der Waals surface area contributed by atoms with Gasteiger partial charge in [0.2, 0.25) is 0 Å². The Morgan fingerprint density at radius 3 is 1.86 bits per heavy atom. The molecule has 29 heavy (non-hydrogen) atoms. The summed E-state index contributed by atoms with van der Waals surface area (Å²) in [6, 6.07) is 8.33. The molecule has 0 N–H and O–H groups in total. The lowest BCUT2D eigenvalue weighted by Gasteiger charge is -2.22. The van der Waals surface area contributed by atoms with Crippen LogP contribution >= 0.6 is 26.6 Å². The number of halogens is 3. The van der Waals surface area contributed by atoms with Crippen molar-refractivity contribution in [2.45, 2.75) is 13.5 Å². The summed E-state index contributed by atoms with van der Waals surface area (Å²) in [5.74, 6) is 18.7. The monoisotopic (exact) mass is 441 g/mol. The minimum Gasteiger partial charge on any atom is -0.268 e. The quantitative estimate of drug-likeness (QED) is 0.430. The molecule has 0 fully saturated rings. The van der Waals surface area contributed by atoms with Gasteiger partial charge in [0.15, 0.2) is 0 Å². The van der Waals surface area contributed by atoms with Crippen LogP contribution in [0.3, 0.4) is 0 Å². The molecule has 0 amide bonds. The van der Waals surface area contributed by atoms with Gasteiger partial charge in [-0.05, 0) is 60.7 Å². The maximum absolute atomic E-state index is 11.7. The topological polar surface area (TPSA) is 3.24 Å². The highest BCUT2D eigenvalue weighted by Gasteiger charge is 2.14. The minimum absolute atomic E-state index is 0.676. The summed E-state index contributed by atoms with van der Waals surface area (Å²) in [6.07, 6.45) is 3.78. The van der Waals surface area contributed by atoms with Crippen molar-refractivity contribution in [3.63, 3.8) is 0 Å². The highest BCUT2D eigenvalue weighted by molar-refractivity contribution is 7.82.